The van der Waals surface area contributed by atoms with Gasteiger partial charge in [-0.2, -0.15) is 0 Å². The Morgan fingerprint density at radius 2 is 1.74 bits per heavy atom. The summed E-state index contributed by atoms with van der Waals surface area (Å²) in [5.41, 5.74) is 4.22. The summed E-state index contributed by atoms with van der Waals surface area (Å²) in [7, 11) is 1.64. The topological polar surface area (TPSA) is 57.0 Å². The first-order valence-electron chi connectivity index (χ1n) is 11.8. The standard InChI is InChI=1S/C19H18N2O2.C9H13NS/c1-14(22)12-19-20-18(15-8-10-17(23-2)11-9-15)13-21(19)16-6-4-3-5-7-16;1-7-10-8-5-3-2-4-6-9(8)11-7/h3-11,13H,12H2,1-2H3;2-6H2,1H3. The van der Waals surface area contributed by atoms with Crippen LogP contribution in [0.4, 0.5) is 0 Å². The van der Waals surface area contributed by atoms with Crippen molar-refractivity contribution in [1.29, 1.82) is 0 Å². The van der Waals surface area contributed by atoms with Crippen LogP contribution in [0.5, 0.6) is 5.75 Å². The average molecular weight is 474 g/mol. The third-order valence-corrected chi connectivity index (χ3v) is 6.88. The average Bonchev–Trinajstić information content (AvgIpc) is 3.35. The molecular weight excluding hydrogens is 442 g/mol. The molecule has 1 aliphatic rings. The predicted molar refractivity (Wildman–Crippen MR) is 138 cm³/mol. The van der Waals surface area contributed by atoms with Crippen LogP contribution in [0, 0.1) is 6.92 Å². The van der Waals surface area contributed by atoms with Gasteiger partial charge in [-0.25, -0.2) is 9.97 Å². The largest absolute Gasteiger partial charge is 0.497 e. The first-order chi connectivity index (χ1) is 16.5. The summed E-state index contributed by atoms with van der Waals surface area (Å²) in [5.74, 6) is 1.64. The van der Waals surface area contributed by atoms with Crippen molar-refractivity contribution >= 4 is 17.1 Å². The Labute approximate surface area is 205 Å². The lowest BCUT2D eigenvalue weighted by molar-refractivity contribution is -0.116. The van der Waals surface area contributed by atoms with Crippen LogP contribution in [0.3, 0.4) is 0 Å². The Balaban J connectivity index is 0.000000207. The number of aromatic nitrogens is 3. The second-order valence-electron chi connectivity index (χ2n) is 8.52. The summed E-state index contributed by atoms with van der Waals surface area (Å²) < 4.78 is 7.16. The first kappa shape index (κ1) is 23.9. The summed E-state index contributed by atoms with van der Waals surface area (Å²) in [6.45, 7) is 3.69. The van der Waals surface area contributed by atoms with E-state index in [1.54, 1.807) is 18.9 Å². The van der Waals surface area contributed by atoms with Gasteiger partial charge in [0.05, 0.1) is 29.9 Å². The number of carbonyl (C=O) groups excluding carboxylic acids is 1. The molecule has 0 unspecified atom stereocenters. The molecule has 4 aromatic rings. The van der Waals surface area contributed by atoms with E-state index in [-0.39, 0.29) is 5.78 Å². The number of thiazole rings is 1. The number of fused-ring (bicyclic) bond motifs is 1. The van der Waals surface area contributed by atoms with Crippen LogP contribution in [0.25, 0.3) is 16.9 Å². The summed E-state index contributed by atoms with van der Waals surface area (Å²) in [6, 6.07) is 17.7. The summed E-state index contributed by atoms with van der Waals surface area (Å²) >= 11 is 1.89. The highest BCUT2D eigenvalue weighted by atomic mass is 32.1. The number of ketones is 1. The Bertz CT molecular complexity index is 1200. The van der Waals surface area contributed by atoms with Gasteiger partial charge in [-0.3, -0.25) is 4.79 Å². The molecule has 0 saturated carbocycles. The molecule has 2 aromatic heterocycles. The van der Waals surface area contributed by atoms with Crippen LogP contribution in [0.15, 0.2) is 60.8 Å². The molecule has 6 heteroatoms. The van der Waals surface area contributed by atoms with Crippen LogP contribution < -0.4 is 4.74 Å². The van der Waals surface area contributed by atoms with E-state index in [1.165, 1.54) is 42.8 Å². The van der Waals surface area contributed by atoms with E-state index in [2.05, 4.69) is 16.9 Å². The second kappa shape index (κ2) is 11.3. The molecule has 0 saturated heterocycles. The number of benzene rings is 2. The SMILES string of the molecule is COc1ccc(-c2cn(-c3ccccc3)c(CC(C)=O)n2)cc1.Cc1nc2c(s1)CCCCC2. The van der Waals surface area contributed by atoms with Gasteiger partial charge in [-0.1, -0.05) is 24.6 Å². The van der Waals surface area contributed by atoms with Crippen LogP contribution >= 0.6 is 11.3 Å². The fourth-order valence-corrected chi connectivity index (χ4v) is 5.16. The van der Waals surface area contributed by atoms with E-state index >= 15 is 0 Å². The molecule has 0 amide bonds. The number of aryl methyl sites for hydroxylation is 3. The van der Waals surface area contributed by atoms with Crippen molar-refractivity contribution in [1.82, 2.24) is 14.5 Å². The number of imidazole rings is 1. The Morgan fingerprint density at radius 1 is 1.00 bits per heavy atom. The Morgan fingerprint density at radius 3 is 2.44 bits per heavy atom. The minimum Gasteiger partial charge on any atom is -0.497 e. The molecule has 0 aliphatic heterocycles. The monoisotopic (exact) mass is 473 g/mol. The molecule has 0 atom stereocenters. The summed E-state index contributed by atoms with van der Waals surface area (Å²) in [6.07, 6.45) is 8.88. The van der Waals surface area contributed by atoms with Gasteiger partial charge in [-0.15, -0.1) is 11.3 Å². The number of hydrogen-bond donors (Lipinski definition) is 0. The van der Waals surface area contributed by atoms with Gasteiger partial charge < -0.3 is 9.30 Å². The van der Waals surface area contributed by atoms with E-state index in [0.717, 1.165) is 28.5 Å². The van der Waals surface area contributed by atoms with Gasteiger partial charge in [-0.05, 0) is 75.9 Å². The maximum absolute atomic E-state index is 11.6. The highest BCUT2D eigenvalue weighted by Gasteiger charge is 2.13. The lowest BCUT2D eigenvalue weighted by atomic mass is 10.1. The van der Waals surface area contributed by atoms with E-state index in [0.29, 0.717) is 6.42 Å². The Hall–Kier alpha value is -3.25. The first-order valence-corrected chi connectivity index (χ1v) is 12.6. The van der Waals surface area contributed by atoms with Crippen LogP contribution in [-0.2, 0) is 24.1 Å². The van der Waals surface area contributed by atoms with Gasteiger partial charge in [0.25, 0.3) is 0 Å². The fraction of sp³-hybridized carbons (Fsp3) is 0.321. The number of Topliss-reactive ketones (excluding diaryl/α,β-unsaturated/α-hetero) is 1. The number of methoxy groups -OCH3 is 1. The van der Waals surface area contributed by atoms with E-state index in [9.17, 15) is 4.79 Å². The molecular formula is C28H31N3O2S. The van der Waals surface area contributed by atoms with Gasteiger partial charge in [0.1, 0.15) is 17.4 Å². The third kappa shape index (κ3) is 6.00. The molecule has 0 bridgehead atoms. The molecule has 0 spiro atoms. The maximum Gasteiger partial charge on any atom is 0.137 e. The van der Waals surface area contributed by atoms with Crippen molar-refractivity contribution in [2.75, 3.05) is 7.11 Å². The zero-order valence-corrected chi connectivity index (χ0v) is 20.9. The summed E-state index contributed by atoms with van der Waals surface area (Å²) in [4.78, 5) is 22.3. The maximum atomic E-state index is 11.6. The smallest absolute Gasteiger partial charge is 0.137 e. The molecule has 5 nitrogen and oxygen atoms in total. The summed E-state index contributed by atoms with van der Waals surface area (Å²) in [5, 5.41) is 1.25. The van der Waals surface area contributed by atoms with Gasteiger partial charge >= 0.3 is 0 Å². The van der Waals surface area contributed by atoms with E-state index < -0.39 is 0 Å². The van der Waals surface area contributed by atoms with Crippen molar-refractivity contribution in [3.63, 3.8) is 0 Å². The lowest BCUT2D eigenvalue weighted by Gasteiger charge is -2.05. The molecule has 0 N–H and O–H groups in total. The van der Waals surface area contributed by atoms with E-state index in [1.807, 2.05) is 76.7 Å². The number of nitrogens with zero attached hydrogens (tertiary/aromatic N) is 3. The molecule has 1 aliphatic carbocycles. The normalized spacial score (nSPS) is 12.8. The molecule has 0 fully saturated rings. The number of rotatable bonds is 5. The fourth-order valence-electron chi connectivity index (χ4n) is 4.14. The molecule has 5 rings (SSSR count). The predicted octanol–water partition coefficient (Wildman–Crippen LogP) is 6.40. The van der Waals surface area contributed by atoms with Gasteiger partial charge in [0.2, 0.25) is 0 Å². The van der Waals surface area contributed by atoms with Crippen LogP contribution in [0.1, 0.15) is 47.6 Å². The molecule has 34 heavy (non-hydrogen) atoms. The highest BCUT2D eigenvalue weighted by Crippen LogP contribution is 2.26. The molecule has 2 aromatic carbocycles. The van der Waals surface area contributed by atoms with E-state index in [4.69, 9.17) is 4.74 Å². The minimum absolute atomic E-state index is 0.0917. The van der Waals surface area contributed by atoms with Crippen molar-refractivity contribution < 1.29 is 9.53 Å². The number of carbonyl (C=O) groups is 1. The van der Waals surface area contributed by atoms with Crippen molar-refractivity contribution in [2.45, 2.75) is 52.4 Å². The molecule has 176 valence electrons. The van der Waals surface area contributed by atoms with Crippen LogP contribution in [0.2, 0.25) is 0 Å². The van der Waals surface area contributed by atoms with Crippen molar-refractivity contribution in [3.05, 3.63) is 82.2 Å². The zero-order chi connectivity index (χ0) is 23.9. The second-order valence-corrected chi connectivity index (χ2v) is 9.81. The van der Waals surface area contributed by atoms with Gasteiger partial charge in [0, 0.05) is 22.3 Å². The van der Waals surface area contributed by atoms with Crippen molar-refractivity contribution in [3.8, 4) is 22.7 Å². The number of para-hydroxylation sites is 1. The zero-order valence-electron chi connectivity index (χ0n) is 20.1. The molecule has 0 radical (unpaired) electrons. The Kier molecular flexibility index (Phi) is 7.91. The number of hydrogen-bond acceptors (Lipinski definition) is 5. The van der Waals surface area contributed by atoms with Gasteiger partial charge in [0.15, 0.2) is 0 Å². The lowest BCUT2D eigenvalue weighted by Crippen LogP contribution is -2.05. The minimum atomic E-state index is 0.0917. The number of ether oxygens (including phenoxy) is 1. The molecule has 2 heterocycles. The highest BCUT2D eigenvalue weighted by molar-refractivity contribution is 7.11. The van der Waals surface area contributed by atoms with Crippen molar-refractivity contribution in [2.24, 2.45) is 0 Å². The quantitative estimate of drug-likeness (QED) is 0.315. The third-order valence-electron chi connectivity index (χ3n) is 5.81. The van der Waals surface area contributed by atoms with Crippen LogP contribution in [-0.4, -0.2) is 27.4 Å².